The summed E-state index contributed by atoms with van der Waals surface area (Å²) < 4.78 is 11.2. The first-order valence-corrected chi connectivity index (χ1v) is 10.6. The molecule has 4 atom stereocenters. The quantitative estimate of drug-likeness (QED) is 0.533. The maximum absolute atomic E-state index is 12.2. The zero-order valence-corrected chi connectivity index (χ0v) is 18.0. The average molecular weight is 385 g/mol. The van der Waals surface area contributed by atoms with E-state index in [0.717, 1.165) is 38.5 Å². The van der Waals surface area contributed by atoms with Crippen molar-refractivity contribution in [2.75, 3.05) is 7.05 Å². The third-order valence-corrected chi connectivity index (χ3v) is 5.28. The van der Waals surface area contributed by atoms with E-state index in [1.54, 1.807) is 7.05 Å². The van der Waals surface area contributed by atoms with Crippen molar-refractivity contribution in [3.63, 3.8) is 0 Å². The average Bonchev–Trinajstić information content (AvgIpc) is 2.61. The van der Waals surface area contributed by atoms with Crippen LogP contribution in [0, 0.1) is 5.92 Å². The molecule has 0 radical (unpaired) electrons. The number of hydrogen-bond donors (Lipinski definition) is 2. The predicted octanol–water partition coefficient (Wildman–Crippen LogP) is 3.18. The summed E-state index contributed by atoms with van der Waals surface area (Å²) in [7, 11) is 1.77. The molecule has 0 aromatic rings. The Bertz CT molecular complexity index is 449. The molecule has 1 aliphatic rings. The smallest absolute Gasteiger partial charge is 0.323 e. The lowest BCUT2D eigenvalue weighted by molar-refractivity contribution is -0.153. The van der Waals surface area contributed by atoms with Crippen LogP contribution < -0.4 is 10.6 Å². The van der Waals surface area contributed by atoms with Gasteiger partial charge < -0.3 is 20.1 Å². The summed E-state index contributed by atoms with van der Waals surface area (Å²) in [6, 6.07) is -0.461. The van der Waals surface area contributed by atoms with Gasteiger partial charge in [0.05, 0.1) is 6.10 Å². The number of likely N-dealkylation sites (N-methyl/N-ethyl adjacent to an activating group) is 1. The number of esters is 2. The lowest BCUT2D eigenvalue weighted by atomic mass is 9.98. The van der Waals surface area contributed by atoms with Crippen LogP contribution in [0.4, 0.5) is 0 Å². The van der Waals surface area contributed by atoms with Crippen LogP contribution in [0.15, 0.2) is 0 Å². The van der Waals surface area contributed by atoms with Gasteiger partial charge in [0, 0.05) is 6.04 Å². The van der Waals surface area contributed by atoms with Crippen LogP contribution in [0.3, 0.4) is 0 Å². The highest BCUT2D eigenvalue weighted by Crippen LogP contribution is 2.20. The summed E-state index contributed by atoms with van der Waals surface area (Å²) in [5, 5.41) is 6.31. The lowest BCUT2D eigenvalue weighted by Crippen LogP contribution is -2.43. The monoisotopic (exact) mass is 384 g/mol. The maximum atomic E-state index is 12.2. The number of nitrogens with one attached hydrogen (secondary N) is 2. The molecule has 1 fully saturated rings. The van der Waals surface area contributed by atoms with Gasteiger partial charge in [-0.05, 0) is 72.3 Å². The minimum Gasteiger partial charge on any atom is -0.462 e. The predicted molar refractivity (Wildman–Crippen MR) is 107 cm³/mol. The Morgan fingerprint density at radius 3 is 2.15 bits per heavy atom. The van der Waals surface area contributed by atoms with Crippen molar-refractivity contribution in [1.82, 2.24) is 10.6 Å². The second kappa shape index (κ2) is 12.3. The first kappa shape index (κ1) is 23.9. The van der Waals surface area contributed by atoms with Gasteiger partial charge in [-0.25, -0.2) is 0 Å². The Kier molecular flexibility index (Phi) is 10.9. The van der Waals surface area contributed by atoms with Crippen molar-refractivity contribution in [2.45, 2.75) is 110 Å². The molecule has 0 aliphatic heterocycles. The topological polar surface area (TPSA) is 76.7 Å². The molecule has 0 aromatic carbocycles. The number of rotatable bonds is 11. The van der Waals surface area contributed by atoms with Gasteiger partial charge in [-0.2, -0.15) is 0 Å². The van der Waals surface area contributed by atoms with Crippen LogP contribution in [0.2, 0.25) is 0 Å². The maximum Gasteiger partial charge on any atom is 0.323 e. The first-order valence-electron chi connectivity index (χ1n) is 10.6. The van der Waals surface area contributed by atoms with E-state index in [4.69, 9.17) is 9.47 Å². The summed E-state index contributed by atoms with van der Waals surface area (Å²) in [5.74, 6) is -0.182. The minimum absolute atomic E-state index is 0.0892. The van der Waals surface area contributed by atoms with Gasteiger partial charge in [-0.15, -0.1) is 0 Å². The Morgan fingerprint density at radius 1 is 0.963 bits per heavy atom. The lowest BCUT2D eigenvalue weighted by Gasteiger charge is -2.26. The summed E-state index contributed by atoms with van der Waals surface area (Å²) >= 11 is 0. The molecule has 1 aliphatic carbocycles. The molecule has 0 saturated heterocycles. The molecule has 158 valence electrons. The van der Waals surface area contributed by atoms with Crippen LogP contribution in [-0.4, -0.2) is 49.3 Å². The highest BCUT2D eigenvalue weighted by Gasteiger charge is 2.25. The van der Waals surface area contributed by atoms with Crippen molar-refractivity contribution in [3.8, 4) is 0 Å². The third kappa shape index (κ3) is 9.06. The third-order valence-electron chi connectivity index (χ3n) is 5.28. The van der Waals surface area contributed by atoms with Gasteiger partial charge in [0.2, 0.25) is 0 Å². The fourth-order valence-corrected chi connectivity index (χ4v) is 3.57. The standard InChI is InChI=1S/C21H40N2O4/c1-14(2)19(22-6)21(25)26-16(4)13-12-15(3)23-17(5)20(24)27-18-10-8-7-9-11-18/h14-19,22-23H,7-13H2,1-6H3. The largest absolute Gasteiger partial charge is 0.462 e. The SMILES string of the molecule is CNC(C(=O)OC(C)CCC(C)NC(C)C(=O)OC1CCCCC1)C(C)C. The van der Waals surface area contributed by atoms with E-state index in [9.17, 15) is 9.59 Å². The van der Waals surface area contributed by atoms with E-state index >= 15 is 0 Å². The molecule has 0 amide bonds. The van der Waals surface area contributed by atoms with Crippen molar-refractivity contribution >= 4 is 11.9 Å². The van der Waals surface area contributed by atoms with Crippen LogP contribution in [0.5, 0.6) is 0 Å². The second-order valence-corrected chi connectivity index (χ2v) is 8.32. The van der Waals surface area contributed by atoms with E-state index in [2.05, 4.69) is 10.6 Å². The van der Waals surface area contributed by atoms with Gasteiger partial charge >= 0.3 is 11.9 Å². The highest BCUT2D eigenvalue weighted by atomic mass is 16.5. The number of carbonyl (C=O) groups is 2. The zero-order chi connectivity index (χ0) is 20.4. The zero-order valence-electron chi connectivity index (χ0n) is 18.0. The molecule has 0 bridgehead atoms. The Labute approximate surface area is 165 Å². The molecule has 0 aromatic heterocycles. The molecule has 6 nitrogen and oxygen atoms in total. The van der Waals surface area contributed by atoms with Gasteiger partial charge in [-0.3, -0.25) is 9.59 Å². The Hall–Kier alpha value is -1.14. The molecule has 1 rings (SSSR count). The second-order valence-electron chi connectivity index (χ2n) is 8.32. The van der Waals surface area contributed by atoms with E-state index in [-0.39, 0.29) is 48.2 Å². The molecule has 1 saturated carbocycles. The van der Waals surface area contributed by atoms with Gasteiger partial charge in [-0.1, -0.05) is 20.3 Å². The molecule has 0 heterocycles. The molecule has 2 N–H and O–H groups in total. The van der Waals surface area contributed by atoms with Crippen molar-refractivity contribution in [2.24, 2.45) is 5.92 Å². The molecule has 6 heteroatoms. The summed E-state index contributed by atoms with van der Waals surface area (Å²) in [4.78, 5) is 24.4. The number of ether oxygens (including phenoxy) is 2. The van der Waals surface area contributed by atoms with Crippen molar-refractivity contribution in [1.29, 1.82) is 0 Å². The van der Waals surface area contributed by atoms with E-state index < -0.39 is 0 Å². The van der Waals surface area contributed by atoms with E-state index in [1.165, 1.54) is 6.42 Å². The van der Waals surface area contributed by atoms with Crippen LogP contribution >= 0.6 is 0 Å². The van der Waals surface area contributed by atoms with Gasteiger partial charge in [0.15, 0.2) is 0 Å². The first-order chi connectivity index (χ1) is 12.7. The van der Waals surface area contributed by atoms with E-state index in [0.29, 0.717) is 0 Å². The highest BCUT2D eigenvalue weighted by molar-refractivity contribution is 5.76. The molecular weight excluding hydrogens is 344 g/mol. The molecular formula is C21H40N2O4. The van der Waals surface area contributed by atoms with Crippen LogP contribution in [-0.2, 0) is 19.1 Å². The molecule has 4 unspecified atom stereocenters. The van der Waals surface area contributed by atoms with E-state index in [1.807, 2.05) is 34.6 Å². The fourth-order valence-electron chi connectivity index (χ4n) is 3.57. The Balaban J connectivity index is 2.29. The Morgan fingerprint density at radius 2 is 1.59 bits per heavy atom. The molecule has 27 heavy (non-hydrogen) atoms. The summed E-state index contributed by atoms with van der Waals surface area (Å²) in [6.07, 6.45) is 7.03. The van der Waals surface area contributed by atoms with Crippen molar-refractivity contribution < 1.29 is 19.1 Å². The minimum atomic E-state index is -0.325. The van der Waals surface area contributed by atoms with Crippen LogP contribution in [0.25, 0.3) is 0 Å². The number of hydrogen-bond acceptors (Lipinski definition) is 6. The fraction of sp³-hybridized carbons (Fsp3) is 0.905. The number of carbonyl (C=O) groups excluding carboxylic acids is 2. The van der Waals surface area contributed by atoms with Crippen molar-refractivity contribution in [3.05, 3.63) is 0 Å². The van der Waals surface area contributed by atoms with Gasteiger partial charge in [0.25, 0.3) is 0 Å². The normalized spacial score (nSPS) is 20.0. The summed E-state index contributed by atoms with van der Waals surface area (Å²) in [6.45, 7) is 9.80. The van der Waals surface area contributed by atoms with Crippen LogP contribution in [0.1, 0.15) is 79.6 Å². The summed E-state index contributed by atoms with van der Waals surface area (Å²) in [5.41, 5.74) is 0. The van der Waals surface area contributed by atoms with Gasteiger partial charge in [0.1, 0.15) is 18.2 Å². The molecule has 0 spiro atoms.